The predicted octanol–water partition coefficient (Wildman–Crippen LogP) is 1.40. The zero-order valence-electron chi connectivity index (χ0n) is 10.4. The van der Waals surface area contributed by atoms with Crippen LogP contribution < -0.4 is 5.32 Å². The highest BCUT2D eigenvalue weighted by Crippen LogP contribution is 2.19. The number of hydrogen-bond acceptors (Lipinski definition) is 3. The van der Waals surface area contributed by atoms with E-state index in [0.29, 0.717) is 12.8 Å². The third-order valence-electron chi connectivity index (χ3n) is 2.48. The lowest BCUT2D eigenvalue weighted by atomic mass is 9.99. The molecule has 0 aromatic heterocycles. The molecule has 1 aliphatic heterocycles. The zero-order chi connectivity index (χ0) is 12.3. The molecule has 1 unspecified atom stereocenters. The Morgan fingerprint density at radius 1 is 1.62 bits per heavy atom. The van der Waals surface area contributed by atoms with Crippen molar-refractivity contribution in [1.82, 2.24) is 10.2 Å². The molecule has 0 fully saturated rings. The molecule has 1 heterocycles. The highest BCUT2D eigenvalue weighted by Gasteiger charge is 2.27. The van der Waals surface area contributed by atoms with Crippen molar-refractivity contribution in [1.29, 1.82) is 5.26 Å². The van der Waals surface area contributed by atoms with Gasteiger partial charge in [-0.1, -0.05) is 0 Å². The van der Waals surface area contributed by atoms with Crippen LogP contribution in [0.4, 0.5) is 0 Å². The van der Waals surface area contributed by atoms with E-state index < -0.39 is 0 Å². The van der Waals surface area contributed by atoms with E-state index in [9.17, 15) is 4.79 Å². The Kier molecular flexibility index (Phi) is 3.58. The van der Waals surface area contributed by atoms with Crippen molar-refractivity contribution >= 4 is 5.91 Å². The third kappa shape index (κ3) is 3.27. The molecule has 1 N–H and O–H groups in total. The van der Waals surface area contributed by atoms with Crippen LogP contribution in [0.15, 0.2) is 11.8 Å². The van der Waals surface area contributed by atoms with Gasteiger partial charge in [0.05, 0.1) is 6.07 Å². The lowest BCUT2D eigenvalue weighted by Gasteiger charge is -2.32. The molecular weight excluding hydrogens is 202 g/mol. The maximum absolute atomic E-state index is 12.0. The first-order chi connectivity index (χ1) is 7.33. The van der Waals surface area contributed by atoms with Gasteiger partial charge in [-0.05, 0) is 33.6 Å². The minimum Gasteiger partial charge on any atom is -0.368 e. The monoisotopic (exact) mass is 221 g/mol. The molecule has 0 aromatic carbocycles. The van der Waals surface area contributed by atoms with Gasteiger partial charge in [0.25, 0.3) is 0 Å². The van der Waals surface area contributed by atoms with E-state index in [-0.39, 0.29) is 17.5 Å². The molecule has 0 saturated carbocycles. The van der Waals surface area contributed by atoms with Crippen LogP contribution in [0.5, 0.6) is 0 Å². The SMILES string of the molecule is CN1C=C(C#N)CCC1C(=O)NC(C)(C)C. The summed E-state index contributed by atoms with van der Waals surface area (Å²) in [6.07, 6.45) is 3.15. The summed E-state index contributed by atoms with van der Waals surface area (Å²) in [5.41, 5.74) is 0.527. The van der Waals surface area contributed by atoms with Crippen LogP contribution in [0.1, 0.15) is 33.6 Å². The second-order valence-corrected chi connectivity index (χ2v) is 5.23. The van der Waals surface area contributed by atoms with Gasteiger partial charge >= 0.3 is 0 Å². The van der Waals surface area contributed by atoms with Gasteiger partial charge in [-0.3, -0.25) is 4.79 Å². The molecular formula is C12H19N3O. The van der Waals surface area contributed by atoms with Gasteiger partial charge < -0.3 is 10.2 Å². The second-order valence-electron chi connectivity index (χ2n) is 5.23. The molecule has 4 heteroatoms. The summed E-state index contributed by atoms with van der Waals surface area (Å²) in [6, 6.07) is 1.97. The first-order valence-corrected chi connectivity index (χ1v) is 5.48. The zero-order valence-corrected chi connectivity index (χ0v) is 10.4. The molecule has 0 bridgehead atoms. The lowest BCUT2D eigenvalue weighted by molar-refractivity contribution is -0.127. The van der Waals surface area contributed by atoms with Crippen molar-refractivity contribution in [2.24, 2.45) is 0 Å². The number of allylic oxidation sites excluding steroid dienone is 1. The number of hydrogen-bond donors (Lipinski definition) is 1. The maximum atomic E-state index is 12.0. The summed E-state index contributed by atoms with van der Waals surface area (Å²) in [6.45, 7) is 5.89. The van der Waals surface area contributed by atoms with Crippen LogP contribution in [0.3, 0.4) is 0 Å². The summed E-state index contributed by atoms with van der Waals surface area (Å²) in [4.78, 5) is 13.8. The fraction of sp³-hybridized carbons (Fsp3) is 0.667. The number of rotatable bonds is 1. The van der Waals surface area contributed by atoms with Crippen molar-refractivity contribution in [2.45, 2.75) is 45.2 Å². The second kappa shape index (κ2) is 4.56. The average molecular weight is 221 g/mol. The molecule has 0 aromatic rings. The van der Waals surface area contributed by atoms with Crippen LogP contribution in [0.25, 0.3) is 0 Å². The van der Waals surface area contributed by atoms with Crippen LogP contribution in [0, 0.1) is 11.3 Å². The minimum absolute atomic E-state index is 0.0308. The summed E-state index contributed by atoms with van der Waals surface area (Å²) >= 11 is 0. The molecule has 1 aliphatic rings. The van der Waals surface area contributed by atoms with Gasteiger partial charge in [0.1, 0.15) is 6.04 Å². The van der Waals surface area contributed by atoms with Gasteiger partial charge in [0.2, 0.25) is 5.91 Å². The van der Waals surface area contributed by atoms with E-state index in [4.69, 9.17) is 5.26 Å². The van der Waals surface area contributed by atoms with Crippen molar-refractivity contribution in [3.63, 3.8) is 0 Å². The summed E-state index contributed by atoms with van der Waals surface area (Å²) in [5.74, 6) is 0.0308. The molecule has 88 valence electrons. The maximum Gasteiger partial charge on any atom is 0.243 e. The van der Waals surface area contributed by atoms with Crippen LogP contribution in [0.2, 0.25) is 0 Å². The number of likely N-dealkylation sites (N-methyl/N-ethyl adjacent to an activating group) is 1. The summed E-state index contributed by atoms with van der Waals surface area (Å²) < 4.78 is 0. The van der Waals surface area contributed by atoms with Crippen molar-refractivity contribution in [2.75, 3.05) is 7.05 Å². The Morgan fingerprint density at radius 3 is 2.69 bits per heavy atom. The normalized spacial score (nSPS) is 21.1. The molecule has 1 rings (SSSR count). The largest absolute Gasteiger partial charge is 0.368 e. The topological polar surface area (TPSA) is 56.1 Å². The number of nitriles is 1. The molecule has 4 nitrogen and oxygen atoms in total. The number of nitrogens with one attached hydrogen (secondary N) is 1. The predicted molar refractivity (Wildman–Crippen MR) is 62.4 cm³/mol. The fourth-order valence-electron chi connectivity index (χ4n) is 1.75. The standard InChI is InChI=1S/C12H19N3O/c1-12(2,3)14-11(16)10-6-5-9(7-13)8-15(10)4/h8,10H,5-6H2,1-4H3,(H,14,16). The van der Waals surface area contributed by atoms with Gasteiger partial charge in [-0.15, -0.1) is 0 Å². The Hall–Kier alpha value is -1.50. The quantitative estimate of drug-likeness (QED) is 0.728. The number of amides is 1. The van der Waals surface area contributed by atoms with Crippen LogP contribution in [-0.4, -0.2) is 29.4 Å². The first-order valence-electron chi connectivity index (χ1n) is 5.48. The highest BCUT2D eigenvalue weighted by atomic mass is 16.2. The van der Waals surface area contributed by atoms with Crippen molar-refractivity contribution < 1.29 is 4.79 Å². The molecule has 0 aliphatic carbocycles. The Balaban J connectivity index is 2.68. The van der Waals surface area contributed by atoms with Gasteiger partial charge in [-0.2, -0.15) is 5.26 Å². The molecule has 0 radical (unpaired) electrons. The number of carbonyl (C=O) groups excluding carboxylic acids is 1. The number of nitrogens with zero attached hydrogens (tertiary/aromatic N) is 2. The molecule has 0 saturated heterocycles. The van der Waals surface area contributed by atoms with Gasteiger partial charge in [0, 0.05) is 24.4 Å². The van der Waals surface area contributed by atoms with E-state index in [0.717, 1.165) is 5.57 Å². The van der Waals surface area contributed by atoms with Crippen LogP contribution >= 0.6 is 0 Å². The summed E-state index contributed by atoms with van der Waals surface area (Å²) in [5, 5.41) is 11.7. The van der Waals surface area contributed by atoms with Gasteiger partial charge in [0.15, 0.2) is 0 Å². The van der Waals surface area contributed by atoms with Gasteiger partial charge in [-0.25, -0.2) is 0 Å². The van der Waals surface area contributed by atoms with Crippen LogP contribution in [-0.2, 0) is 4.79 Å². The molecule has 16 heavy (non-hydrogen) atoms. The third-order valence-corrected chi connectivity index (χ3v) is 2.48. The minimum atomic E-state index is -0.211. The van der Waals surface area contributed by atoms with Crippen molar-refractivity contribution in [3.05, 3.63) is 11.8 Å². The van der Waals surface area contributed by atoms with E-state index >= 15 is 0 Å². The van der Waals surface area contributed by atoms with Crippen molar-refractivity contribution in [3.8, 4) is 6.07 Å². The lowest BCUT2D eigenvalue weighted by Crippen LogP contribution is -2.50. The van der Waals surface area contributed by atoms with E-state index in [1.165, 1.54) is 0 Å². The number of carbonyl (C=O) groups is 1. The Morgan fingerprint density at radius 2 is 2.25 bits per heavy atom. The highest BCUT2D eigenvalue weighted by molar-refractivity contribution is 5.82. The van der Waals surface area contributed by atoms with E-state index in [1.807, 2.05) is 32.7 Å². The fourth-order valence-corrected chi connectivity index (χ4v) is 1.75. The molecule has 0 spiro atoms. The van der Waals surface area contributed by atoms with E-state index in [2.05, 4.69) is 11.4 Å². The average Bonchev–Trinajstić information content (AvgIpc) is 2.14. The first kappa shape index (κ1) is 12.6. The Bertz CT molecular complexity index is 346. The molecule has 1 atom stereocenters. The van der Waals surface area contributed by atoms with E-state index in [1.54, 1.807) is 6.20 Å². The summed E-state index contributed by atoms with van der Waals surface area (Å²) in [7, 11) is 1.84. The molecule has 1 amide bonds. The Labute approximate surface area is 96.9 Å². The smallest absolute Gasteiger partial charge is 0.243 e.